The molecular formula is C32H39N5O3. The summed E-state index contributed by atoms with van der Waals surface area (Å²) in [7, 11) is 1.80. The molecule has 3 atom stereocenters. The van der Waals surface area contributed by atoms with Gasteiger partial charge >= 0.3 is 6.09 Å². The van der Waals surface area contributed by atoms with E-state index >= 15 is 0 Å². The Balaban J connectivity index is 1.44. The van der Waals surface area contributed by atoms with Gasteiger partial charge in [0.25, 0.3) is 0 Å². The molecule has 1 aliphatic carbocycles. The number of fused-ring (bicyclic) bond motifs is 3. The SMILES string of the molecule is C[C@@H]1C[C@@H](O)c2ncnc(N3C[C@]4(CCN(Cc5ccccc5)C4)c4c(N(C)C(=O)OC(C)(C)C)cccc43)c21. The van der Waals surface area contributed by atoms with Crippen LogP contribution in [0.3, 0.4) is 0 Å². The summed E-state index contributed by atoms with van der Waals surface area (Å²) < 4.78 is 5.78. The fourth-order valence-corrected chi connectivity index (χ4v) is 6.85. The highest BCUT2D eigenvalue weighted by Gasteiger charge is 2.51. The van der Waals surface area contributed by atoms with Crippen molar-refractivity contribution in [3.05, 3.63) is 77.2 Å². The number of benzene rings is 2. The summed E-state index contributed by atoms with van der Waals surface area (Å²) >= 11 is 0. The molecule has 3 aliphatic rings. The molecule has 1 N–H and O–H groups in total. The molecule has 1 fully saturated rings. The molecule has 0 radical (unpaired) electrons. The smallest absolute Gasteiger partial charge is 0.414 e. The van der Waals surface area contributed by atoms with Crippen LogP contribution in [0.15, 0.2) is 54.9 Å². The summed E-state index contributed by atoms with van der Waals surface area (Å²) in [4.78, 5) is 29.0. The lowest BCUT2D eigenvalue weighted by Gasteiger charge is -2.31. The molecule has 8 heteroatoms. The van der Waals surface area contributed by atoms with Gasteiger partial charge in [-0.25, -0.2) is 14.8 Å². The Labute approximate surface area is 236 Å². The number of amides is 1. The monoisotopic (exact) mass is 541 g/mol. The molecule has 3 heterocycles. The van der Waals surface area contributed by atoms with E-state index in [4.69, 9.17) is 9.72 Å². The molecule has 210 valence electrons. The second kappa shape index (κ2) is 9.85. The summed E-state index contributed by atoms with van der Waals surface area (Å²) in [6, 6.07) is 16.8. The van der Waals surface area contributed by atoms with Gasteiger partial charge in [0.2, 0.25) is 0 Å². The van der Waals surface area contributed by atoms with Gasteiger partial charge in [0, 0.05) is 48.9 Å². The number of carbonyl (C=O) groups is 1. The van der Waals surface area contributed by atoms with Crippen molar-refractivity contribution in [2.24, 2.45) is 0 Å². The Hall–Kier alpha value is -3.49. The first kappa shape index (κ1) is 26.7. The molecule has 6 rings (SSSR count). The molecule has 0 unspecified atom stereocenters. The highest BCUT2D eigenvalue weighted by molar-refractivity contribution is 5.92. The molecule has 3 aromatic rings. The van der Waals surface area contributed by atoms with Crippen LogP contribution in [0.5, 0.6) is 0 Å². The van der Waals surface area contributed by atoms with Gasteiger partial charge in [-0.2, -0.15) is 0 Å². The first-order valence-electron chi connectivity index (χ1n) is 14.2. The number of hydrogen-bond acceptors (Lipinski definition) is 7. The van der Waals surface area contributed by atoms with Crippen LogP contribution >= 0.6 is 0 Å². The quantitative estimate of drug-likeness (QED) is 0.455. The number of aromatic nitrogens is 2. The highest BCUT2D eigenvalue weighted by atomic mass is 16.6. The molecule has 1 spiro atoms. The average molecular weight is 542 g/mol. The van der Waals surface area contributed by atoms with Gasteiger partial charge in [0.05, 0.1) is 17.5 Å². The van der Waals surface area contributed by atoms with Crippen molar-refractivity contribution in [3.8, 4) is 0 Å². The summed E-state index contributed by atoms with van der Waals surface area (Å²) in [6.45, 7) is 11.3. The number of nitrogens with zero attached hydrogens (tertiary/aromatic N) is 5. The fourth-order valence-electron chi connectivity index (χ4n) is 6.85. The maximum atomic E-state index is 13.3. The standard InChI is InChI=1S/C32H39N5O3/c1-21-16-25(38)28-26(21)29(34-20-33-28)37-19-32(14-15-36(18-32)17-22-10-7-6-8-11-22)27-23(12-9-13-24(27)37)35(5)30(39)40-31(2,3)4/h6-13,20-21,25,38H,14-19H2,1-5H3/t21-,25-,32-/m1/s1. The summed E-state index contributed by atoms with van der Waals surface area (Å²) in [5, 5.41) is 10.7. The van der Waals surface area contributed by atoms with Crippen molar-refractivity contribution in [2.75, 3.05) is 36.5 Å². The van der Waals surface area contributed by atoms with E-state index in [1.807, 2.05) is 32.9 Å². The van der Waals surface area contributed by atoms with E-state index in [1.54, 1.807) is 18.3 Å². The van der Waals surface area contributed by atoms with Crippen molar-refractivity contribution in [1.29, 1.82) is 0 Å². The zero-order valence-electron chi connectivity index (χ0n) is 24.1. The minimum atomic E-state index is -0.592. The molecule has 1 amide bonds. The predicted molar refractivity (Wildman–Crippen MR) is 156 cm³/mol. The van der Waals surface area contributed by atoms with Crippen LogP contribution in [-0.2, 0) is 16.7 Å². The highest BCUT2D eigenvalue weighted by Crippen LogP contribution is 2.54. The van der Waals surface area contributed by atoms with Crippen LogP contribution < -0.4 is 9.80 Å². The molecule has 0 saturated carbocycles. The minimum Gasteiger partial charge on any atom is -0.443 e. The zero-order chi connectivity index (χ0) is 28.2. The van der Waals surface area contributed by atoms with Crippen molar-refractivity contribution in [1.82, 2.24) is 14.9 Å². The van der Waals surface area contributed by atoms with Gasteiger partial charge in [-0.1, -0.05) is 43.3 Å². The van der Waals surface area contributed by atoms with Crippen molar-refractivity contribution >= 4 is 23.3 Å². The van der Waals surface area contributed by atoms with Crippen molar-refractivity contribution in [3.63, 3.8) is 0 Å². The predicted octanol–water partition coefficient (Wildman–Crippen LogP) is 5.68. The number of likely N-dealkylation sites (tertiary alicyclic amines) is 1. The van der Waals surface area contributed by atoms with Gasteiger partial charge in [-0.05, 0) is 63.8 Å². The second-order valence-electron chi connectivity index (χ2n) is 12.7. The molecule has 40 heavy (non-hydrogen) atoms. The summed E-state index contributed by atoms with van der Waals surface area (Å²) in [5.74, 6) is 1.03. The van der Waals surface area contributed by atoms with Gasteiger partial charge in [0.15, 0.2) is 0 Å². The topological polar surface area (TPSA) is 82.0 Å². The zero-order valence-corrected chi connectivity index (χ0v) is 24.1. The van der Waals surface area contributed by atoms with Gasteiger partial charge < -0.3 is 14.7 Å². The minimum absolute atomic E-state index is 0.159. The molecule has 8 nitrogen and oxygen atoms in total. The van der Waals surface area contributed by atoms with Gasteiger partial charge in [0.1, 0.15) is 17.7 Å². The van der Waals surface area contributed by atoms with Crippen LogP contribution in [0.25, 0.3) is 0 Å². The largest absolute Gasteiger partial charge is 0.443 e. The second-order valence-corrected chi connectivity index (χ2v) is 12.7. The van der Waals surface area contributed by atoms with Gasteiger partial charge in [-0.15, -0.1) is 0 Å². The maximum Gasteiger partial charge on any atom is 0.414 e. The average Bonchev–Trinajstić information content (AvgIpc) is 3.57. The van der Waals surface area contributed by atoms with Crippen LogP contribution in [0.1, 0.15) is 74.9 Å². The van der Waals surface area contributed by atoms with Crippen LogP contribution in [0.4, 0.5) is 22.0 Å². The van der Waals surface area contributed by atoms with E-state index in [-0.39, 0.29) is 17.4 Å². The number of anilines is 3. The Morgan fingerprint density at radius 1 is 1.12 bits per heavy atom. The third-order valence-electron chi connectivity index (χ3n) is 8.55. The first-order valence-corrected chi connectivity index (χ1v) is 14.2. The molecule has 2 aromatic carbocycles. The molecule has 0 bridgehead atoms. The third kappa shape index (κ3) is 4.63. The molecule has 2 aliphatic heterocycles. The van der Waals surface area contributed by atoms with Gasteiger partial charge in [-0.3, -0.25) is 9.80 Å². The Morgan fingerprint density at radius 2 is 1.90 bits per heavy atom. The number of ether oxygens (including phenoxy) is 1. The van der Waals surface area contributed by atoms with E-state index < -0.39 is 11.7 Å². The number of aliphatic hydroxyl groups is 1. The number of carbonyl (C=O) groups excluding carboxylic acids is 1. The summed E-state index contributed by atoms with van der Waals surface area (Å²) in [5.41, 5.74) is 5.36. The van der Waals surface area contributed by atoms with E-state index in [1.165, 1.54) is 5.56 Å². The van der Waals surface area contributed by atoms with E-state index in [0.29, 0.717) is 6.42 Å². The lowest BCUT2D eigenvalue weighted by molar-refractivity contribution is 0.0589. The maximum absolute atomic E-state index is 13.3. The Kier molecular flexibility index (Phi) is 6.58. The van der Waals surface area contributed by atoms with Crippen molar-refractivity contribution < 1.29 is 14.6 Å². The molecular weight excluding hydrogens is 502 g/mol. The first-order chi connectivity index (χ1) is 19.1. The Bertz CT molecular complexity index is 1420. The molecule has 1 saturated heterocycles. The third-order valence-corrected chi connectivity index (χ3v) is 8.55. The van der Waals surface area contributed by atoms with Crippen LogP contribution in [0.2, 0.25) is 0 Å². The Morgan fingerprint density at radius 3 is 2.65 bits per heavy atom. The van der Waals surface area contributed by atoms with E-state index in [2.05, 4.69) is 58.1 Å². The van der Waals surface area contributed by atoms with Crippen LogP contribution in [0, 0.1) is 0 Å². The number of hydrogen-bond donors (Lipinski definition) is 1. The number of rotatable bonds is 4. The lowest BCUT2D eigenvalue weighted by Crippen LogP contribution is -2.38. The van der Waals surface area contributed by atoms with E-state index in [0.717, 1.165) is 66.6 Å². The fraction of sp³-hybridized carbons (Fsp3) is 0.469. The summed E-state index contributed by atoms with van der Waals surface area (Å²) in [6.07, 6.45) is 2.26. The van der Waals surface area contributed by atoms with Crippen molar-refractivity contribution in [2.45, 2.75) is 70.1 Å². The molecule has 1 aromatic heterocycles. The normalized spacial score (nSPS) is 23.9. The lowest BCUT2D eigenvalue weighted by atomic mass is 9.80. The van der Waals surface area contributed by atoms with E-state index in [9.17, 15) is 9.90 Å². The number of aliphatic hydroxyl groups excluding tert-OH is 1. The van der Waals surface area contributed by atoms with Crippen LogP contribution in [-0.4, -0.2) is 58.4 Å².